The van der Waals surface area contributed by atoms with Crippen LogP contribution in [0.3, 0.4) is 0 Å². The molecule has 0 radical (unpaired) electrons. The highest BCUT2D eigenvalue weighted by molar-refractivity contribution is 5.90. The number of aromatic amines is 1. The van der Waals surface area contributed by atoms with Crippen molar-refractivity contribution in [1.82, 2.24) is 15.2 Å². The molecule has 0 bridgehead atoms. The number of primary amides is 1. The van der Waals surface area contributed by atoms with E-state index < -0.39 is 5.91 Å². The second-order valence-corrected chi connectivity index (χ2v) is 2.80. The summed E-state index contributed by atoms with van der Waals surface area (Å²) in [4.78, 5) is 14.6. The molecule has 1 amide bonds. The summed E-state index contributed by atoms with van der Waals surface area (Å²) in [7, 11) is 0. The first-order chi connectivity index (χ1) is 6.75. The van der Waals surface area contributed by atoms with Crippen molar-refractivity contribution in [3.8, 4) is 0 Å². The molecule has 0 unspecified atom stereocenters. The Morgan fingerprint density at radius 3 is 3.14 bits per heavy atom. The van der Waals surface area contributed by atoms with Crippen LogP contribution < -0.4 is 5.73 Å². The number of carbonyl (C=O) groups excluding carboxylic acids is 1. The molecule has 3 N–H and O–H groups in total. The molecule has 0 saturated carbocycles. The Morgan fingerprint density at radius 2 is 2.36 bits per heavy atom. The van der Waals surface area contributed by atoms with Crippen LogP contribution in [-0.4, -0.2) is 21.1 Å². The highest BCUT2D eigenvalue weighted by atomic mass is 16.1. The summed E-state index contributed by atoms with van der Waals surface area (Å²) in [5.41, 5.74) is 6.51. The third kappa shape index (κ3) is 1.61. The van der Waals surface area contributed by atoms with Gasteiger partial charge in [0.25, 0.3) is 0 Å². The number of pyridine rings is 1. The summed E-state index contributed by atoms with van der Waals surface area (Å²) in [6, 6.07) is 1.79. The van der Waals surface area contributed by atoms with E-state index in [1.165, 1.54) is 6.08 Å². The molecule has 70 valence electrons. The number of fused-ring (bicyclic) bond motifs is 1. The normalized spacial score (nSPS) is 11.1. The van der Waals surface area contributed by atoms with Crippen LogP contribution in [0.15, 0.2) is 24.5 Å². The summed E-state index contributed by atoms with van der Waals surface area (Å²) >= 11 is 0. The molecule has 0 atom stereocenters. The summed E-state index contributed by atoms with van der Waals surface area (Å²) in [5, 5.41) is 7.60. The minimum atomic E-state index is -0.489. The topological polar surface area (TPSA) is 84.7 Å². The number of rotatable bonds is 2. The van der Waals surface area contributed by atoms with Crippen LogP contribution in [0, 0.1) is 0 Å². The van der Waals surface area contributed by atoms with Crippen molar-refractivity contribution in [2.75, 3.05) is 0 Å². The first-order valence-electron chi connectivity index (χ1n) is 4.02. The predicted octanol–water partition coefficient (Wildman–Crippen LogP) is 0.456. The summed E-state index contributed by atoms with van der Waals surface area (Å²) < 4.78 is 0. The van der Waals surface area contributed by atoms with Crippen molar-refractivity contribution >= 4 is 22.9 Å². The van der Waals surface area contributed by atoms with Gasteiger partial charge < -0.3 is 5.73 Å². The molecule has 0 aliphatic rings. The second kappa shape index (κ2) is 3.29. The van der Waals surface area contributed by atoms with Crippen molar-refractivity contribution in [3.63, 3.8) is 0 Å². The molecule has 0 saturated heterocycles. The minimum absolute atomic E-state index is 0.489. The molecule has 0 aliphatic carbocycles. The molecule has 2 rings (SSSR count). The van der Waals surface area contributed by atoms with Gasteiger partial charge in [0.1, 0.15) is 0 Å². The fourth-order valence-electron chi connectivity index (χ4n) is 1.11. The maximum atomic E-state index is 10.5. The minimum Gasteiger partial charge on any atom is -0.366 e. The van der Waals surface area contributed by atoms with Crippen LogP contribution in [0.25, 0.3) is 17.0 Å². The maximum Gasteiger partial charge on any atom is 0.241 e. The van der Waals surface area contributed by atoms with E-state index in [0.717, 1.165) is 10.9 Å². The van der Waals surface area contributed by atoms with Gasteiger partial charge in [-0.25, -0.2) is 0 Å². The highest BCUT2D eigenvalue weighted by Gasteiger charge is 1.96. The lowest BCUT2D eigenvalue weighted by Gasteiger charge is -1.91. The SMILES string of the molecule is NC(=O)C=Cc1cc2[nH]ncc2cn1. The molecule has 2 aromatic heterocycles. The second-order valence-electron chi connectivity index (χ2n) is 2.80. The molecule has 0 spiro atoms. The van der Waals surface area contributed by atoms with Gasteiger partial charge in [0.2, 0.25) is 5.91 Å². The van der Waals surface area contributed by atoms with E-state index in [1.54, 1.807) is 24.5 Å². The Hall–Kier alpha value is -2.17. The van der Waals surface area contributed by atoms with Crippen LogP contribution in [-0.2, 0) is 4.79 Å². The molecule has 14 heavy (non-hydrogen) atoms. The van der Waals surface area contributed by atoms with Gasteiger partial charge in [0, 0.05) is 17.7 Å². The van der Waals surface area contributed by atoms with Crippen LogP contribution in [0.5, 0.6) is 0 Å². The number of hydrogen-bond acceptors (Lipinski definition) is 3. The van der Waals surface area contributed by atoms with Crippen molar-refractivity contribution in [1.29, 1.82) is 0 Å². The summed E-state index contributed by atoms with van der Waals surface area (Å²) in [5.74, 6) is -0.489. The number of amides is 1. The summed E-state index contributed by atoms with van der Waals surface area (Å²) in [6.45, 7) is 0. The Morgan fingerprint density at radius 1 is 1.50 bits per heavy atom. The van der Waals surface area contributed by atoms with Gasteiger partial charge in [-0.05, 0) is 12.1 Å². The average molecular weight is 188 g/mol. The van der Waals surface area contributed by atoms with Gasteiger partial charge in [-0.2, -0.15) is 5.10 Å². The standard InChI is InChI=1S/C9H8N4O/c10-9(14)2-1-7-3-8-6(4-11-7)5-12-13-8/h1-5H,(H2,10,14)(H,12,13). The summed E-state index contributed by atoms with van der Waals surface area (Å²) in [6.07, 6.45) is 6.19. The molecule has 5 heteroatoms. The van der Waals surface area contributed by atoms with Gasteiger partial charge in [-0.15, -0.1) is 0 Å². The fourth-order valence-corrected chi connectivity index (χ4v) is 1.11. The van der Waals surface area contributed by atoms with Gasteiger partial charge >= 0.3 is 0 Å². The van der Waals surface area contributed by atoms with E-state index in [1.807, 2.05) is 0 Å². The first kappa shape index (κ1) is 8.43. The van der Waals surface area contributed by atoms with Gasteiger partial charge in [-0.1, -0.05) is 0 Å². The molecule has 2 heterocycles. The van der Waals surface area contributed by atoms with Crippen LogP contribution in [0.1, 0.15) is 5.69 Å². The van der Waals surface area contributed by atoms with E-state index in [0.29, 0.717) is 5.69 Å². The predicted molar refractivity (Wildman–Crippen MR) is 52.1 cm³/mol. The monoisotopic (exact) mass is 188 g/mol. The van der Waals surface area contributed by atoms with E-state index in [-0.39, 0.29) is 0 Å². The zero-order valence-electron chi connectivity index (χ0n) is 7.27. The quantitative estimate of drug-likeness (QED) is 0.671. The molecular weight excluding hydrogens is 180 g/mol. The number of nitrogens with one attached hydrogen (secondary N) is 1. The van der Waals surface area contributed by atoms with Crippen molar-refractivity contribution in [3.05, 3.63) is 30.2 Å². The number of nitrogens with two attached hydrogens (primary N) is 1. The number of carbonyl (C=O) groups is 1. The van der Waals surface area contributed by atoms with Crippen molar-refractivity contribution in [2.24, 2.45) is 5.73 Å². The van der Waals surface area contributed by atoms with E-state index in [9.17, 15) is 4.79 Å². The smallest absolute Gasteiger partial charge is 0.241 e. The van der Waals surface area contributed by atoms with E-state index in [2.05, 4.69) is 15.2 Å². The fraction of sp³-hybridized carbons (Fsp3) is 0. The number of hydrogen-bond donors (Lipinski definition) is 2. The van der Waals surface area contributed by atoms with Gasteiger partial charge in [0.05, 0.1) is 17.4 Å². The molecule has 0 fully saturated rings. The zero-order valence-corrected chi connectivity index (χ0v) is 7.27. The van der Waals surface area contributed by atoms with Crippen molar-refractivity contribution < 1.29 is 4.79 Å². The average Bonchev–Trinajstić information content (AvgIpc) is 2.61. The lowest BCUT2D eigenvalue weighted by atomic mass is 10.2. The number of aromatic nitrogens is 3. The third-order valence-corrected chi connectivity index (χ3v) is 1.76. The molecule has 5 nitrogen and oxygen atoms in total. The molecule has 0 aliphatic heterocycles. The molecule has 0 aromatic carbocycles. The van der Waals surface area contributed by atoms with E-state index in [4.69, 9.17) is 5.73 Å². The first-order valence-corrected chi connectivity index (χ1v) is 4.02. The lowest BCUT2D eigenvalue weighted by molar-refractivity contribution is -0.113. The largest absolute Gasteiger partial charge is 0.366 e. The number of nitrogens with zero attached hydrogens (tertiary/aromatic N) is 2. The van der Waals surface area contributed by atoms with Crippen LogP contribution >= 0.6 is 0 Å². The Bertz CT molecular complexity index is 500. The van der Waals surface area contributed by atoms with Gasteiger partial charge in [-0.3, -0.25) is 14.9 Å². The van der Waals surface area contributed by atoms with Gasteiger partial charge in [0.15, 0.2) is 0 Å². The lowest BCUT2D eigenvalue weighted by Crippen LogP contribution is -2.05. The maximum absolute atomic E-state index is 10.5. The van der Waals surface area contributed by atoms with E-state index >= 15 is 0 Å². The third-order valence-electron chi connectivity index (χ3n) is 1.76. The van der Waals surface area contributed by atoms with Crippen LogP contribution in [0.4, 0.5) is 0 Å². The zero-order chi connectivity index (χ0) is 9.97. The molecule has 2 aromatic rings. The Balaban J connectivity index is 2.39. The highest BCUT2D eigenvalue weighted by Crippen LogP contribution is 2.10. The van der Waals surface area contributed by atoms with Crippen molar-refractivity contribution in [2.45, 2.75) is 0 Å². The number of H-pyrrole nitrogens is 1. The van der Waals surface area contributed by atoms with Crippen LogP contribution in [0.2, 0.25) is 0 Å². The molecular formula is C9H8N4O. The Kier molecular flexibility index (Phi) is 1.98. The Labute approximate surface area is 79.6 Å².